The third kappa shape index (κ3) is 6.51. The summed E-state index contributed by atoms with van der Waals surface area (Å²) in [5.74, 6) is 1.52. The van der Waals surface area contributed by atoms with E-state index in [2.05, 4.69) is 40.3 Å². The molecule has 0 radical (unpaired) electrons. The zero-order valence-electron chi connectivity index (χ0n) is 14.8. The van der Waals surface area contributed by atoms with Gasteiger partial charge in [0.05, 0.1) is 27.4 Å². The molecule has 0 aliphatic carbocycles. The number of hydrogen-bond acceptors (Lipinski definition) is 4. The minimum absolute atomic E-state index is 0. The van der Waals surface area contributed by atoms with Gasteiger partial charge in [-0.15, -0.1) is 12.4 Å². The minimum Gasteiger partial charge on any atom is -0.495 e. The van der Waals surface area contributed by atoms with E-state index in [0.717, 1.165) is 28.1 Å². The molecule has 0 heterocycles. The Labute approximate surface area is 164 Å². The molecule has 0 amide bonds. The molecule has 0 aromatic heterocycles. The molecule has 0 aliphatic rings. The van der Waals surface area contributed by atoms with E-state index < -0.39 is 0 Å². The van der Waals surface area contributed by atoms with E-state index in [1.807, 2.05) is 30.3 Å². The molecule has 2 aromatic carbocycles. The number of halogens is 2. The SMILES string of the molecule is COc1cc([C@@H](C)NCCOCc2ccccc2)cc(OC)c1Br.Cl. The summed E-state index contributed by atoms with van der Waals surface area (Å²) in [5, 5.41) is 3.46. The molecule has 2 rings (SSSR count). The molecule has 0 aliphatic heterocycles. The van der Waals surface area contributed by atoms with Gasteiger partial charge >= 0.3 is 0 Å². The van der Waals surface area contributed by atoms with Gasteiger partial charge < -0.3 is 19.5 Å². The maximum Gasteiger partial charge on any atom is 0.137 e. The first-order chi connectivity index (χ1) is 11.7. The first-order valence-electron chi connectivity index (χ1n) is 7.92. The van der Waals surface area contributed by atoms with E-state index >= 15 is 0 Å². The standard InChI is InChI=1S/C19H24BrNO3.ClH/c1-14(16-11-17(22-2)19(20)18(12-16)23-3)21-9-10-24-13-15-7-5-4-6-8-15;/h4-8,11-12,14,21H,9-10,13H2,1-3H3;1H/t14-;/m1./s1. The van der Waals surface area contributed by atoms with E-state index in [1.54, 1.807) is 14.2 Å². The number of benzene rings is 2. The average molecular weight is 431 g/mol. The lowest BCUT2D eigenvalue weighted by Crippen LogP contribution is -2.23. The molecule has 138 valence electrons. The zero-order valence-corrected chi connectivity index (χ0v) is 17.2. The predicted molar refractivity (Wildman–Crippen MR) is 107 cm³/mol. The van der Waals surface area contributed by atoms with E-state index in [9.17, 15) is 0 Å². The van der Waals surface area contributed by atoms with Gasteiger partial charge in [0.25, 0.3) is 0 Å². The minimum atomic E-state index is 0. The lowest BCUT2D eigenvalue weighted by molar-refractivity contribution is 0.121. The van der Waals surface area contributed by atoms with Crippen molar-refractivity contribution in [3.05, 3.63) is 58.1 Å². The van der Waals surface area contributed by atoms with Crippen molar-refractivity contribution in [2.75, 3.05) is 27.4 Å². The van der Waals surface area contributed by atoms with Gasteiger partial charge in [-0.1, -0.05) is 30.3 Å². The van der Waals surface area contributed by atoms with Crippen LogP contribution in [0.5, 0.6) is 11.5 Å². The first kappa shape index (κ1) is 21.8. The third-order valence-electron chi connectivity index (χ3n) is 3.78. The fourth-order valence-electron chi connectivity index (χ4n) is 2.37. The van der Waals surface area contributed by atoms with Crippen molar-refractivity contribution in [3.63, 3.8) is 0 Å². The summed E-state index contributed by atoms with van der Waals surface area (Å²) in [4.78, 5) is 0. The topological polar surface area (TPSA) is 39.7 Å². The van der Waals surface area contributed by atoms with E-state index in [1.165, 1.54) is 5.56 Å². The van der Waals surface area contributed by atoms with Crippen LogP contribution >= 0.6 is 28.3 Å². The normalized spacial score (nSPS) is 11.5. The number of rotatable bonds is 9. The number of hydrogen-bond donors (Lipinski definition) is 1. The molecule has 2 aromatic rings. The quantitative estimate of drug-likeness (QED) is 0.583. The molecule has 1 atom stereocenters. The smallest absolute Gasteiger partial charge is 0.137 e. The molecule has 0 unspecified atom stereocenters. The van der Waals surface area contributed by atoms with Crippen LogP contribution in [0.15, 0.2) is 46.9 Å². The second-order valence-electron chi connectivity index (χ2n) is 5.45. The van der Waals surface area contributed by atoms with Crippen molar-refractivity contribution >= 4 is 28.3 Å². The fraction of sp³-hybridized carbons (Fsp3) is 0.368. The second kappa shape index (κ2) is 11.4. The predicted octanol–water partition coefficient (Wildman–Crippen LogP) is 4.76. The highest BCUT2D eigenvalue weighted by atomic mass is 79.9. The number of nitrogens with one attached hydrogen (secondary N) is 1. The van der Waals surface area contributed by atoms with Gasteiger partial charge in [0, 0.05) is 12.6 Å². The second-order valence-corrected chi connectivity index (χ2v) is 6.25. The van der Waals surface area contributed by atoms with Crippen LogP contribution in [0.2, 0.25) is 0 Å². The summed E-state index contributed by atoms with van der Waals surface area (Å²) in [6.45, 7) is 4.18. The summed E-state index contributed by atoms with van der Waals surface area (Å²) in [7, 11) is 3.30. The van der Waals surface area contributed by atoms with Crippen molar-refractivity contribution in [1.29, 1.82) is 0 Å². The molecule has 0 saturated carbocycles. The molecule has 1 N–H and O–H groups in total. The Morgan fingerprint density at radius 1 is 1.04 bits per heavy atom. The summed E-state index contributed by atoms with van der Waals surface area (Å²) in [6.07, 6.45) is 0. The van der Waals surface area contributed by atoms with Gasteiger partial charge in [0.1, 0.15) is 16.0 Å². The van der Waals surface area contributed by atoms with Crippen LogP contribution in [-0.4, -0.2) is 27.4 Å². The summed E-state index contributed by atoms with van der Waals surface area (Å²) >= 11 is 3.49. The van der Waals surface area contributed by atoms with Crippen molar-refractivity contribution in [2.24, 2.45) is 0 Å². The van der Waals surface area contributed by atoms with E-state index in [-0.39, 0.29) is 18.4 Å². The Balaban J connectivity index is 0.00000312. The molecule has 0 saturated heterocycles. The zero-order chi connectivity index (χ0) is 17.4. The molecular formula is C19H25BrClNO3. The maximum atomic E-state index is 5.70. The van der Waals surface area contributed by atoms with E-state index in [0.29, 0.717) is 13.2 Å². The van der Waals surface area contributed by atoms with Gasteiger partial charge in [0.15, 0.2) is 0 Å². The average Bonchev–Trinajstić information content (AvgIpc) is 2.62. The van der Waals surface area contributed by atoms with Crippen molar-refractivity contribution in [2.45, 2.75) is 19.6 Å². The molecule has 0 fully saturated rings. The Kier molecular flexibility index (Phi) is 9.90. The van der Waals surface area contributed by atoms with Crippen LogP contribution in [0.25, 0.3) is 0 Å². The third-order valence-corrected chi connectivity index (χ3v) is 4.56. The van der Waals surface area contributed by atoms with Gasteiger partial charge in [-0.05, 0) is 46.1 Å². The van der Waals surface area contributed by atoms with Gasteiger partial charge in [-0.3, -0.25) is 0 Å². The van der Waals surface area contributed by atoms with Crippen LogP contribution in [0.3, 0.4) is 0 Å². The monoisotopic (exact) mass is 429 g/mol. The number of ether oxygens (including phenoxy) is 3. The molecule has 25 heavy (non-hydrogen) atoms. The summed E-state index contributed by atoms with van der Waals surface area (Å²) in [5.41, 5.74) is 2.29. The largest absolute Gasteiger partial charge is 0.495 e. The van der Waals surface area contributed by atoms with E-state index in [4.69, 9.17) is 14.2 Å². The van der Waals surface area contributed by atoms with Crippen LogP contribution < -0.4 is 14.8 Å². The van der Waals surface area contributed by atoms with Gasteiger partial charge in [-0.25, -0.2) is 0 Å². The molecule has 0 bridgehead atoms. The van der Waals surface area contributed by atoms with Crippen molar-refractivity contribution in [3.8, 4) is 11.5 Å². The molecule has 0 spiro atoms. The van der Waals surface area contributed by atoms with Crippen LogP contribution in [0.4, 0.5) is 0 Å². The van der Waals surface area contributed by atoms with Crippen molar-refractivity contribution in [1.82, 2.24) is 5.32 Å². The Morgan fingerprint density at radius 3 is 2.20 bits per heavy atom. The lowest BCUT2D eigenvalue weighted by Gasteiger charge is -2.18. The Bertz CT molecular complexity index is 615. The van der Waals surface area contributed by atoms with Crippen LogP contribution in [0.1, 0.15) is 24.1 Å². The lowest BCUT2D eigenvalue weighted by atomic mass is 10.1. The Hall–Kier alpha value is -1.27. The fourth-order valence-corrected chi connectivity index (χ4v) is 2.92. The first-order valence-corrected chi connectivity index (χ1v) is 8.71. The molecule has 4 nitrogen and oxygen atoms in total. The van der Waals surface area contributed by atoms with Crippen molar-refractivity contribution < 1.29 is 14.2 Å². The number of methoxy groups -OCH3 is 2. The summed E-state index contributed by atoms with van der Waals surface area (Å²) < 4.78 is 17.3. The maximum absolute atomic E-state index is 5.70. The van der Waals surface area contributed by atoms with Gasteiger partial charge in [0.2, 0.25) is 0 Å². The highest BCUT2D eigenvalue weighted by molar-refractivity contribution is 9.10. The molecular weight excluding hydrogens is 406 g/mol. The van der Waals surface area contributed by atoms with Gasteiger partial charge in [-0.2, -0.15) is 0 Å². The highest BCUT2D eigenvalue weighted by Crippen LogP contribution is 2.37. The highest BCUT2D eigenvalue weighted by Gasteiger charge is 2.13. The molecule has 6 heteroatoms. The Morgan fingerprint density at radius 2 is 1.64 bits per heavy atom. The van der Waals surface area contributed by atoms with Crippen LogP contribution in [-0.2, 0) is 11.3 Å². The summed E-state index contributed by atoms with van der Waals surface area (Å²) in [6, 6.07) is 14.4. The van der Waals surface area contributed by atoms with Crippen LogP contribution in [0, 0.1) is 0 Å².